The van der Waals surface area contributed by atoms with E-state index in [1.165, 1.54) is 4.90 Å². The van der Waals surface area contributed by atoms with Crippen molar-refractivity contribution in [2.75, 3.05) is 42.5 Å². The molecule has 0 aliphatic carbocycles. The maximum atomic E-state index is 13.1. The van der Waals surface area contributed by atoms with Gasteiger partial charge >= 0.3 is 6.03 Å². The fourth-order valence-electron chi connectivity index (χ4n) is 4.74. The van der Waals surface area contributed by atoms with Gasteiger partial charge in [-0.1, -0.05) is 18.2 Å². The van der Waals surface area contributed by atoms with Gasteiger partial charge in [-0.05, 0) is 43.3 Å². The maximum Gasteiger partial charge on any atom is 0.330 e. The van der Waals surface area contributed by atoms with Gasteiger partial charge in [0.1, 0.15) is 6.29 Å². The van der Waals surface area contributed by atoms with Gasteiger partial charge in [-0.25, -0.2) is 9.69 Å². The van der Waals surface area contributed by atoms with E-state index in [0.29, 0.717) is 12.2 Å². The minimum atomic E-state index is -0.409. The second kappa shape index (κ2) is 8.93. The number of ketones is 1. The van der Waals surface area contributed by atoms with Crippen molar-refractivity contribution in [2.24, 2.45) is 5.92 Å². The molecule has 9 heteroatoms. The standard InChI is InChI=1S/C24H28N6O3/c1-16(31)17-7-9-18(10-8-17)28-11-13-29(14-12-28)23-25-15-20-21(26-23)27-24(33)30(22(20)32)19-5-3-2-4-6-19/h2-10,20-21,23,25-26H,11-15H2,1H3,(H,27,33). The Morgan fingerprint density at radius 2 is 1.61 bits per heavy atom. The van der Waals surface area contributed by atoms with Crippen molar-refractivity contribution in [3.8, 4) is 0 Å². The molecule has 3 saturated heterocycles. The predicted octanol–water partition coefficient (Wildman–Crippen LogP) is 1.19. The van der Waals surface area contributed by atoms with E-state index >= 15 is 0 Å². The average molecular weight is 449 g/mol. The van der Waals surface area contributed by atoms with Gasteiger partial charge in [-0.15, -0.1) is 0 Å². The number of urea groups is 1. The largest absolute Gasteiger partial charge is 0.369 e. The summed E-state index contributed by atoms with van der Waals surface area (Å²) < 4.78 is 0. The molecule has 0 saturated carbocycles. The third-order valence-corrected chi connectivity index (χ3v) is 6.62. The van der Waals surface area contributed by atoms with Crippen LogP contribution in [0.1, 0.15) is 17.3 Å². The molecule has 3 aliphatic rings. The average Bonchev–Trinajstić information content (AvgIpc) is 2.84. The first-order valence-corrected chi connectivity index (χ1v) is 11.3. The Kier molecular flexibility index (Phi) is 5.84. The summed E-state index contributed by atoms with van der Waals surface area (Å²) >= 11 is 0. The Bertz CT molecular complexity index is 1040. The number of anilines is 2. The Morgan fingerprint density at radius 1 is 0.909 bits per heavy atom. The summed E-state index contributed by atoms with van der Waals surface area (Å²) in [5, 5.41) is 9.82. The normalized spacial score (nSPS) is 26.0. The molecule has 3 heterocycles. The van der Waals surface area contributed by atoms with Crippen LogP contribution in [-0.4, -0.2) is 67.8 Å². The van der Waals surface area contributed by atoms with Gasteiger partial charge < -0.3 is 10.2 Å². The number of carbonyl (C=O) groups is 3. The number of piperazine rings is 1. The van der Waals surface area contributed by atoms with E-state index in [0.717, 1.165) is 37.4 Å². The van der Waals surface area contributed by atoms with Crippen molar-refractivity contribution < 1.29 is 14.4 Å². The summed E-state index contributed by atoms with van der Waals surface area (Å²) in [7, 11) is 0. The van der Waals surface area contributed by atoms with E-state index in [9.17, 15) is 14.4 Å². The molecule has 5 rings (SSSR count). The lowest BCUT2D eigenvalue weighted by atomic mass is 9.99. The summed E-state index contributed by atoms with van der Waals surface area (Å²) in [6.45, 7) is 5.41. The van der Waals surface area contributed by atoms with Crippen LogP contribution in [0.4, 0.5) is 16.2 Å². The van der Waals surface area contributed by atoms with Gasteiger partial charge in [0.25, 0.3) is 0 Å². The van der Waals surface area contributed by atoms with Gasteiger partial charge in [0.15, 0.2) is 5.78 Å². The van der Waals surface area contributed by atoms with Crippen LogP contribution in [0.25, 0.3) is 0 Å². The zero-order chi connectivity index (χ0) is 22.9. The number of Topliss-reactive ketones (excluding diaryl/α,β-unsaturated/α-hetero) is 1. The van der Waals surface area contributed by atoms with E-state index in [1.807, 2.05) is 42.5 Å². The SMILES string of the molecule is CC(=O)c1ccc(N2CCN(C3NCC4C(=O)N(c5ccccc5)C(=O)NC4N3)CC2)cc1. The number of nitrogens with zero attached hydrogens (tertiary/aromatic N) is 3. The van der Waals surface area contributed by atoms with Crippen LogP contribution >= 0.6 is 0 Å². The molecule has 0 radical (unpaired) electrons. The van der Waals surface area contributed by atoms with Gasteiger partial charge in [0.05, 0.1) is 17.8 Å². The summed E-state index contributed by atoms with van der Waals surface area (Å²) in [6, 6.07) is 16.3. The quantitative estimate of drug-likeness (QED) is 0.605. The van der Waals surface area contributed by atoms with Crippen molar-refractivity contribution in [1.29, 1.82) is 0 Å². The van der Waals surface area contributed by atoms with Gasteiger partial charge in [0, 0.05) is 44.0 Å². The molecule has 3 fully saturated rings. The first-order chi connectivity index (χ1) is 16.0. The topological polar surface area (TPSA) is 97.0 Å². The number of benzene rings is 2. The number of rotatable bonds is 4. The Hall–Kier alpha value is -3.27. The molecule has 0 aromatic heterocycles. The number of hydrogen-bond donors (Lipinski definition) is 3. The van der Waals surface area contributed by atoms with Crippen LogP contribution in [0.5, 0.6) is 0 Å². The molecule has 0 spiro atoms. The number of imide groups is 1. The molecule has 2 aromatic carbocycles. The minimum absolute atomic E-state index is 0.0688. The van der Waals surface area contributed by atoms with Crippen LogP contribution in [0.2, 0.25) is 0 Å². The molecule has 3 aliphatic heterocycles. The Morgan fingerprint density at radius 3 is 2.27 bits per heavy atom. The van der Waals surface area contributed by atoms with E-state index in [1.54, 1.807) is 19.1 Å². The summed E-state index contributed by atoms with van der Waals surface area (Å²) in [6.07, 6.45) is -0.529. The molecule has 3 amide bonds. The first kappa shape index (κ1) is 21.6. The fourth-order valence-corrected chi connectivity index (χ4v) is 4.74. The zero-order valence-electron chi connectivity index (χ0n) is 18.5. The Labute approximate surface area is 192 Å². The summed E-state index contributed by atoms with van der Waals surface area (Å²) in [4.78, 5) is 43.1. The molecule has 33 heavy (non-hydrogen) atoms. The molecule has 3 atom stereocenters. The van der Waals surface area contributed by atoms with E-state index in [4.69, 9.17) is 0 Å². The lowest BCUT2D eigenvalue weighted by Crippen LogP contribution is -2.76. The molecule has 9 nitrogen and oxygen atoms in total. The molecule has 2 aromatic rings. The first-order valence-electron chi connectivity index (χ1n) is 11.3. The number of para-hydroxylation sites is 1. The van der Waals surface area contributed by atoms with Crippen LogP contribution in [0.3, 0.4) is 0 Å². The Balaban J connectivity index is 1.19. The smallest absolute Gasteiger partial charge is 0.330 e. The number of nitrogens with one attached hydrogen (secondary N) is 3. The predicted molar refractivity (Wildman–Crippen MR) is 125 cm³/mol. The van der Waals surface area contributed by atoms with E-state index in [-0.39, 0.29) is 23.9 Å². The molecule has 0 bridgehead atoms. The van der Waals surface area contributed by atoms with Gasteiger partial charge in [-0.2, -0.15) is 0 Å². The van der Waals surface area contributed by atoms with E-state index < -0.39 is 12.2 Å². The van der Waals surface area contributed by atoms with Crippen molar-refractivity contribution >= 4 is 29.1 Å². The molecular formula is C24H28N6O3. The second-order valence-electron chi connectivity index (χ2n) is 8.65. The molecule has 3 unspecified atom stereocenters. The molecule has 172 valence electrons. The highest BCUT2D eigenvalue weighted by atomic mass is 16.2. The van der Waals surface area contributed by atoms with Crippen LogP contribution in [-0.2, 0) is 4.79 Å². The second-order valence-corrected chi connectivity index (χ2v) is 8.65. The van der Waals surface area contributed by atoms with Gasteiger partial charge in [0.2, 0.25) is 5.91 Å². The van der Waals surface area contributed by atoms with Gasteiger partial charge in [-0.3, -0.25) is 25.1 Å². The van der Waals surface area contributed by atoms with E-state index in [2.05, 4.69) is 25.8 Å². The third kappa shape index (κ3) is 4.22. The molecule has 3 N–H and O–H groups in total. The summed E-state index contributed by atoms with van der Waals surface area (Å²) in [5.74, 6) is -0.508. The lowest BCUT2D eigenvalue weighted by Gasteiger charge is -2.48. The number of carbonyl (C=O) groups excluding carboxylic acids is 3. The number of amides is 3. The fraction of sp³-hybridized carbons (Fsp3) is 0.375. The monoisotopic (exact) mass is 448 g/mol. The van der Waals surface area contributed by atoms with Crippen LogP contribution in [0, 0.1) is 5.92 Å². The highest BCUT2D eigenvalue weighted by Crippen LogP contribution is 2.24. The van der Waals surface area contributed by atoms with Crippen LogP contribution in [0.15, 0.2) is 54.6 Å². The van der Waals surface area contributed by atoms with Crippen LogP contribution < -0.4 is 25.8 Å². The van der Waals surface area contributed by atoms with Crippen molar-refractivity contribution in [2.45, 2.75) is 19.4 Å². The zero-order valence-corrected chi connectivity index (χ0v) is 18.5. The highest BCUT2D eigenvalue weighted by Gasteiger charge is 2.45. The highest BCUT2D eigenvalue weighted by molar-refractivity contribution is 6.17. The van der Waals surface area contributed by atoms with Crippen molar-refractivity contribution in [3.63, 3.8) is 0 Å². The molecular weight excluding hydrogens is 420 g/mol. The minimum Gasteiger partial charge on any atom is -0.369 e. The van der Waals surface area contributed by atoms with Crippen molar-refractivity contribution in [1.82, 2.24) is 20.9 Å². The summed E-state index contributed by atoms with van der Waals surface area (Å²) in [5.41, 5.74) is 2.40. The van der Waals surface area contributed by atoms with Crippen molar-refractivity contribution in [3.05, 3.63) is 60.2 Å². The third-order valence-electron chi connectivity index (χ3n) is 6.62. The number of hydrogen-bond acceptors (Lipinski definition) is 7. The maximum absolute atomic E-state index is 13.1. The lowest BCUT2D eigenvalue weighted by molar-refractivity contribution is -0.125. The number of fused-ring (bicyclic) bond motifs is 1.